The van der Waals surface area contributed by atoms with Gasteiger partial charge in [0.05, 0.1) is 11.1 Å². The van der Waals surface area contributed by atoms with Crippen molar-refractivity contribution in [1.82, 2.24) is 15.1 Å². The Kier molecular flexibility index (Phi) is 3.96. The van der Waals surface area contributed by atoms with E-state index >= 15 is 0 Å². The van der Waals surface area contributed by atoms with Crippen molar-refractivity contribution in [1.29, 1.82) is 0 Å². The van der Waals surface area contributed by atoms with Crippen LogP contribution < -0.4 is 0 Å². The molecule has 0 spiro atoms. The minimum absolute atomic E-state index is 0.207. The number of rotatable bonds is 3. The Morgan fingerprint density at radius 1 is 1.48 bits per heavy atom. The van der Waals surface area contributed by atoms with E-state index in [1.54, 1.807) is 11.1 Å². The zero-order chi connectivity index (χ0) is 16.4. The van der Waals surface area contributed by atoms with Crippen molar-refractivity contribution in [2.24, 2.45) is 0 Å². The van der Waals surface area contributed by atoms with Crippen molar-refractivity contribution >= 4 is 11.6 Å². The number of phenols is 1. The molecule has 2 N–H and O–H groups in total. The van der Waals surface area contributed by atoms with Crippen LogP contribution in [0, 0.1) is 10.1 Å². The number of hydrogen-bond acceptors (Lipinski definition) is 5. The monoisotopic (exact) mass is 316 g/mol. The Morgan fingerprint density at radius 2 is 2.30 bits per heavy atom. The van der Waals surface area contributed by atoms with E-state index in [2.05, 4.69) is 10.2 Å². The Labute approximate surface area is 131 Å². The number of piperidine rings is 1. The molecule has 23 heavy (non-hydrogen) atoms. The number of hydrogen-bond donors (Lipinski definition) is 2. The van der Waals surface area contributed by atoms with Crippen LogP contribution in [0.2, 0.25) is 0 Å². The van der Waals surface area contributed by atoms with Crippen LogP contribution in [0.1, 0.15) is 34.7 Å². The summed E-state index contributed by atoms with van der Waals surface area (Å²) in [4.78, 5) is 24.5. The molecule has 0 saturated carbocycles. The first-order valence-electron chi connectivity index (χ1n) is 7.31. The average Bonchev–Trinajstić information content (AvgIpc) is 3.09. The first kappa shape index (κ1) is 15.0. The van der Waals surface area contributed by atoms with E-state index in [1.165, 1.54) is 12.1 Å². The molecule has 8 heteroatoms. The number of phenolic OH excluding ortho intramolecular Hbond substituents is 1. The maximum Gasteiger partial charge on any atom is 0.311 e. The van der Waals surface area contributed by atoms with Gasteiger partial charge in [-0.05, 0) is 30.5 Å². The third kappa shape index (κ3) is 3.01. The van der Waals surface area contributed by atoms with Gasteiger partial charge in [-0.25, -0.2) is 0 Å². The maximum atomic E-state index is 12.6. The number of aromatic hydroxyl groups is 1. The van der Waals surface area contributed by atoms with Crippen LogP contribution in [0.5, 0.6) is 5.75 Å². The van der Waals surface area contributed by atoms with Crippen molar-refractivity contribution in [3.05, 3.63) is 51.8 Å². The average molecular weight is 316 g/mol. The van der Waals surface area contributed by atoms with Gasteiger partial charge < -0.3 is 10.0 Å². The molecular formula is C15H16N4O4. The number of aromatic nitrogens is 2. The molecule has 0 radical (unpaired) electrons. The Balaban J connectivity index is 1.80. The number of H-pyrrole nitrogens is 1. The molecule has 1 aromatic carbocycles. The number of nitrogens with one attached hydrogen (secondary N) is 1. The second-order valence-electron chi connectivity index (χ2n) is 5.58. The van der Waals surface area contributed by atoms with Crippen molar-refractivity contribution in [3.63, 3.8) is 0 Å². The Bertz CT molecular complexity index is 729. The van der Waals surface area contributed by atoms with Crippen molar-refractivity contribution in [3.8, 4) is 5.75 Å². The van der Waals surface area contributed by atoms with Crippen LogP contribution in [-0.4, -0.2) is 44.1 Å². The van der Waals surface area contributed by atoms with Crippen LogP contribution in [0.3, 0.4) is 0 Å². The van der Waals surface area contributed by atoms with E-state index < -0.39 is 16.4 Å². The highest BCUT2D eigenvalue weighted by molar-refractivity contribution is 5.95. The SMILES string of the molecule is O=C(c1ccc(O)c([N+](=O)[O-])c1)N1CCCC(c2cn[nH]c2)C1. The number of aromatic amines is 1. The quantitative estimate of drug-likeness (QED) is 0.664. The summed E-state index contributed by atoms with van der Waals surface area (Å²) in [6, 6.07) is 3.72. The first-order chi connectivity index (χ1) is 11.1. The zero-order valence-electron chi connectivity index (χ0n) is 12.3. The van der Waals surface area contributed by atoms with Gasteiger partial charge in [-0.15, -0.1) is 0 Å². The molecule has 120 valence electrons. The standard InChI is InChI=1S/C15H16N4O4/c20-14-4-3-10(6-13(14)19(22)23)15(21)18-5-1-2-11(9-18)12-7-16-17-8-12/h3-4,6-8,11,20H,1-2,5,9H2,(H,16,17). The Morgan fingerprint density at radius 3 is 3.00 bits per heavy atom. The molecule has 1 unspecified atom stereocenters. The van der Waals surface area contributed by atoms with E-state index in [0.717, 1.165) is 24.5 Å². The molecule has 0 bridgehead atoms. The number of nitro benzene ring substituents is 1. The minimum atomic E-state index is -0.698. The fraction of sp³-hybridized carbons (Fsp3) is 0.333. The number of nitro groups is 1. The van der Waals surface area contributed by atoms with E-state index in [0.29, 0.717) is 13.1 Å². The maximum absolute atomic E-state index is 12.6. The molecule has 3 rings (SSSR count). The largest absolute Gasteiger partial charge is 0.502 e. The highest BCUT2D eigenvalue weighted by atomic mass is 16.6. The van der Waals surface area contributed by atoms with Crippen LogP contribution in [0.25, 0.3) is 0 Å². The highest BCUT2D eigenvalue weighted by Crippen LogP contribution is 2.29. The molecule has 8 nitrogen and oxygen atoms in total. The second-order valence-corrected chi connectivity index (χ2v) is 5.58. The van der Waals surface area contributed by atoms with Gasteiger partial charge in [0.25, 0.3) is 5.91 Å². The lowest BCUT2D eigenvalue weighted by molar-refractivity contribution is -0.385. The van der Waals surface area contributed by atoms with E-state index in [9.17, 15) is 20.0 Å². The lowest BCUT2D eigenvalue weighted by Crippen LogP contribution is -2.39. The predicted octanol–water partition coefficient (Wildman–Crippen LogP) is 2.04. The van der Waals surface area contributed by atoms with E-state index in [4.69, 9.17) is 0 Å². The summed E-state index contributed by atoms with van der Waals surface area (Å²) in [6.45, 7) is 1.16. The summed E-state index contributed by atoms with van der Waals surface area (Å²) in [5.74, 6) is -0.499. The molecule has 1 saturated heterocycles. The molecule has 0 aliphatic carbocycles. The lowest BCUT2D eigenvalue weighted by atomic mass is 9.92. The van der Waals surface area contributed by atoms with Gasteiger partial charge in [-0.2, -0.15) is 5.10 Å². The van der Waals surface area contributed by atoms with Gasteiger partial charge in [-0.3, -0.25) is 20.0 Å². The van der Waals surface area contributed by atoms with Crippen LogP contribution in [-0.2, 0) is 0 Å². The summed E-state index contributed by atoms with van der Waals surface area (Å²) in [5.41, 5.74) is 0.806. The van der Waals surface area contributed by atoms with Gasteiger partial charge in [0, 0.05) is 36.8 Å². The fourth-order valence-corrected chi connectivity index (χ4v) is 2.90. The molecule has 1 atom stereocenters. The van der Waals surface area contributed by atoms with Gasteiger partial charge in [0.15, 0.2) is 5.75 Å². The number of nitrogens with zero attached hydrogens (tertiary/aromatic N) is 3. The normalized spacial score (nSPS) is 17.9. The molecule has 2 heterocycles. The first-order valence-corrected chi connectivity index (χ1v) is 7.31. The topological polar surface area (TPSA) is 112 Å². The third-order valence-electron chi connectivity index (χ3n) is 4.12. The van der Waals surface area contributed by atoms with E-state index in [-0.39, 0.29) is 17.4 Å². The van der Waals surface area contributed by atoms with Gasteiger partial charge in [0.1, 0.15) is 0 Å². The predicted molar refractivity (Wildman–Crippen MR) is 81.2 cm³/mol. The van der Waals surface area contributed by atoms with Gasteiger partial charge in [0.2, 0.25) is 0 Å². The molecule has 1 aromatic heterocycles. The smallest absolute Gasteiger partial charge is 0.311 e. The molecular weight excluding hydrogens is 300 g/mol. The molecule has 1 fully saturated rings. The summed E-state index contributed by atoms with van der Waals surface area (Å²) in [5, 5.41) is 27.1. The number of carbonyl (C=O) groups is 1. The van der Waals surface area contributed by atoms with Crippen molar-refractivity contribution < 1.29 is 14.8 Å². The van der Waals surface area contributed by atoms with Crippen LogP contribution in [0.4, 0.5) is 5.69 Å². The van der Waals surface area contributed by atoms with Crippen LogP contribution in [0.15, 0.2) is 30.6 Å². The number of benzene rings is 1. The second kappa shape index (κ2) is 6.07. The summed E-state index contributed by atoms with van der Waals surface area (Å²) >= 11 is 0. The summed E-state index contributed by atoms with van der Waals surface area (Å²) in [7, 11) is 0. The lowest BCUT2D eigenvalue weighted by Gasteiger charge is -2.32. The molecule has 1 aliphatic heterocycles. The molecule has 1 aliphatic rings. The summed E-state index contributed by atoms with van der Waals surface area (Å²) in [6.07, 6.45) is 5.41. The fourth-order valence-electron chi connectivity index (χ4n) is 2.90. The Hall–Kier alpha value is -2.90. The van der Waals surface area contributed by atoms with Crippen LogP contribution >= 0.6 is 0 Å². The van der Waals surface area contributed by atoms with Gasteiger partial charge in [-0.1, -0.05) is 0 Å². The highest BCUT2D eigenvalue weighted by Gasteiger charge is 2.27. The number of likely N-dealkylation sites (tertiary alicyclic amines) is 1. The van der Waals surface area contributed by atoms with Crippen molar-refractivity contribution in [2.45, 2.75) is 18.8 Å². The minimum Gasteiger partial charge on any atom is -0.502 e. The van der Waals surface area contributed by atoms with E-state index in [1.807, 2.05) is 6.20 Å². The van der Waals surface area contributed by atoms with Crippen molar-refractivity contribution in [2.75, 3.05) is 13.1 Å². The van der Waals surface area contributed by atoms with Gasteiger partial charge >= 0.3 is 5.69 Å². The summed E-state index contributed by atoms with van der Waals surface area (Å²) < 4.78 is 0. The molecule has 2 aromatic rings. The number of amides is 1. The third-order valence-corrected chi connectivity index (χ3v) is 4.12. The zero-order valence-corrected chi connectivity index (χ0v) is 12.3. The number of carbonyl (C=O) groups excluding carboxylic acids is 1. The molecule has 1 amide bonds.